The average Bonchev–Trinajstić information content (AvgIpc) is 3.79. The Morgan fingerprint density at radius 3 is 2.51 bits per heavy atom. The van der Waals surface area contributed by atoms with Gasteiger partial charge in [-0.05, 0) is 42.4 Å². The average molecular weight is 704 g/mol. The Morgan fingerprint density at radius 1 is 1.04 bits per heavy atom. The first-order valence-corrected chi connectivity index (χ1v) is 18.2. The highest BCUT2D eigenvalue weighted by atomic mass is 32.2. The van der Waals surface area contributed by atoms with Gasteiger partial charge in [0.15, 0.2) is 17.8 Å². The lowest BCUT2D eigenvalue weighted by atomic mass is 9.88. The second kappa shape index (κ2) is 15.2. The van der Waals surface area contributed by atoms with Crippen LogP contribution in [0, 0.1) is 16.7 Å². The van der Waals surface area contributed by atoms with Gasteiger partial charge in [-0.1, -0.05) is 65.0 Å². The third-order valence-corrected chi connectivity index (χ3v) is 10.9. The number of sulfonamides is 1. The molecule has 5 atom stereocenters. The topological polar surface area (TPSA) is 162 Å². The van der Waals surface area contributed by atoms with E-state index in [2.05, 4.69) is 10.6 Å². The van der Waals surface area contributed by atoms with Gasteiger partial charge >= 0.3 is 6.09 Å². The Balaban J connectivity index is 1.36. The minimum atomic E-state index is -4.20. The normalized spacial score (nSPS) is 21.7. The molecule has 5 rings (SSSR count). The number of hydrogen-bond acceptors (Lipinski definition) is 10. The number of hydrogen-bond donors (Lipinski definition) is 3. The molecule has 2 fully saturated rings. The van der Waals surface area contributed by atoms with Crippen molar-refractivity contribution < 1.29 is 46.8 Å². The van der Waals surface area contributed by atoms with Crippen LogP contribution in [0.5, 0.6) is 11.5 Å². The van der Waals surface area contributed by atoms with Crippen molar-refractivity contribution in [2.75, 3.05) is 39.6 Å². The predicted molar refractivity (Wildman–Crippen MR) is 179 cm³/mol. The first-order chi connectivity index (χ1) is 23.1. The number of fused-ring (bicyclic) bond motifs is 2. The van der Waals surface area contributed by atoms with Gasteiger partial charge < -0.3 is 39.4 Å². The van der Waals surface area contributed by atoms with Crippen molar-refractivity contribution in [2.24, 2.45) is 16.7 Å². The molecule has 0 aliphatic carbocycles. The molecule has 49 heavy (non-hydrogen) atoms. The van der Waals surface area contributed by atoms with Crippen LogP contribution in [0.1, 0.15) is 53.0 Å². The molecule has 2 amide bonds. The molecule has 0 spiro atoms. The smallest absolute Gasteiger partial charge is 0.407 e. The Bertz CT molecular complexity index is 1560. The van der Waals surface area contributed by atoms with E-state index >= 15 is 0 Å². The lowest BCUT2D eigenvalue weighted by Crippen LogP contribution is -2.52. The fourth-order valence-electron chi connectivity index (χ4n) is 6.13. The van der Waals surface area contributed by atoms with Gasteiger partial charge in [-0.3, -0.25) is 4.79 Å². The summed E-state index contributed by atoms with van der Waals surface area (Å²) < 4.78 is 57.6. The number of amides is 2. The van der Waals surface area contributed by atoms with Gasteiger partial charge in [-0.25, -0.2) is 13.2 Å². The molecule has 2 aromatic carbocycles. The lowest BCUT2D eigenvalue weighted by Gasteiger charge is -2.35. The van der Waals surface area contributed by atoms with E-state index in [-0.39, 0.29) is 49.6 Å². The SMILES string of the molecule is CC(C)(CCNC(=O)C(C)(C)C)CN(C[C@@H](O)[C@H](Cc1ccccc1)NC(=O)O[C@H]1CO[C@H]2OCC[C@H]21)S(=O)(=O)c1ccc2c(c1)OCO2. The second-order valence-corrected chi connectivity index (χ2v) is 16.6. The minimum absolute atomic E-state index is 0.0111. The van der Waals surface area contributed by atoms with E-state index in [0.717, 1.165) is 5.56 Å². The van der Waals surface area contributed by atoms with Gasteiger partial charge in [-0.2, -0.15) is 4.31 Å². The van der Waals surface area contributed by atoms with Gasteiger partial charge in [0.25, 0.3) is 0 Å². The number of ether oxygens (including phenoxy) is 5. The van der Waals surface area contributed by atoms with E-state index in [1.54, 1.807) is 6.07 Å². The molecule has 0 saturated carbocycles. The van der Waals surface area contributed by atoms with Crippen molar-refractivity contribution in [3.8, 4) is 11.5 Å². The zero-order chi connectivity index (χ0) is 35.4. The largest absolute Gasteiger partial charge is 0.454 e. The van der Waals surface area contributed by atoms with E-state index in [9.17, 15) is 23.1 Å². The number of nitrogens with one attached hydrogen (secondary N) is 2. The molecule has 3 N–H and O–H groups in total. The van der Waals surface area contributed by atoms with E-state index in [4.69, 9.17) is 23.7 Å². The number of carbonyl (C=O) groups excluding carboxylic acids is 2. The van der Waals surface area contributed by atoms with Crippen molar-refractivity contribution in [3.63, 3.8) is 0 Å². The molecule has 3 aliphatic heterocycles. The Labute approximate surface area is 288 Å². The lowest BCUT2D eigenvalue weighted by molar-refractivity contribution is -0.128. The number of rotatable bonds is 14. The van der Waals surface area contributed by atoms with Gasteiger partial charge in [-0.15, -0.1) is 0 Å². The first kappa shape index (κ1) is 36.8. The molecule has 0 aromatic heterocycles. The summed E-state index contributed by atoms with van der Waals surface area (Å²) in [5, 5.41) is 17.5. The Kier molecular flexibility index (Phi) is 11.4. The van der Waals surface area contributed by atoms with Crippen LogP contribution in [0.15, 0.2) is 53.4 Å². The molecule has 0 bridgehead atoms. The molecular formula is C35H49N3O10S. The van der Waals surface area contributed by atoms with Crippen LogP contribution in [-0.4, -0.2) is 94.0 Å². The third kappa shape index (κ3) is 9.43. The van der Waals surface area contributed by atoms with Crippen LogP contribution in [0.3, 0.4) is 0 Å². The molecule has 2 saturated heterocycles. The second-order valence-electron chi connectivity index (χ2n) is 14.7. The summed E-state index contributed by atoms with van der Waals surface area (Å²) in [5.74, 6) is 0.573. The number of benzene rings is 2. The summed E-state index contributed by atoms with van der Waals surface area (Å²) in [6.07, 6.45) is -1.58. The van der Waals surface area contributed by atoms with Crippen molar-refractivity contribution in [1.29, 1.82) is 0 Å². The van der Waals surface area contributed by atoms with Crippen molar-refractivity contribution >= 4 is 22.0 Å². The Hall–Kier alpha value is -3.43. The van der Waals surface area contributed by atoms with Crippen LogP contribution in [0.25, 0.3) is 0 Å². The van der Waals surface area contributed by atoms with E-state index in [1.165, 1.54) is 16.4 Å². The van der Waals surface area contributed by atoms with Crippen LogP contribution in [-0.2, 0) is 35.4 Å². The number of alkyl carbamates (subject to hydrolysis) is 1. The maximum atomic E-state index is 14.3. The first-order valence-electron chi connectivity index (χ1n) is 16.7. The van der Waals surface area contributed by atoms with Crippen molar-refractivity contribution in [1.82, 2.24) is 14.9 Å². The van der Waals surface area contributed by atoms with Crippen molar-refractivity contribution in [2.45, 2.75) is 83.3 Å². The summed E-state index contributed by atoms with van der Waals surface area (Å²) in [6, 6.07) is 12.8. The van der Waals surface area contributed by atoms with Gasteiger partial charge in [0.2, 0.25) is 22.7 Å². The highest BCUT2D eigenvalue weighted by Crippen LogP contribution is 2.36. The Morgan fingerprint density at radius 2 is 1.78 bits per heavy atom. The van der Waals surface area contributed by atoms with Crippen molar-refractivity contribution in [3.05, 3.63) is 54.1 Å². The summed E-state index contributed by atoms with van der Waals surface area (Å²) in [5.41, 5.74) is -0.361. The van der Waals surface area contributed by atoms with Crippen LogP contribution in [0.4, 0.5) is 4.79 Å². The molecule has 2 aromatic rings. The van der Waals surface area contributed by atoms with Gasteiger partial charge in [0.1, 0.15) is 6.10 Å². The third-order valence-electron chi connectivity index (χ3n) is 9.06. The summed E-state index contributed by atoms with van der Waals surface area (Å²) >= 11 is 0. The number of nitrogens with zero attached hydrogens (tertiary/aromatic N) is 1. The standard InChI is InChI=1S/C35H49N3O10S/c1-34(2,3)32(40)36-15-14-35(4,5)21-38(49(42,43)24-11-12-28-29(18-24)47-22-46-28)19-27(39)26(17-23-9-7-6-8-10-23)37-33(41)48-30-20-45-31-25(30)13-16-44-31/h6-12,18,25-27,30-31,39H,13-17,19-22H2,1-5H3,(H,36,40)(H,37,41)/t25-,26-,27+,30-,31+/m0/s1. The summed E-state index contributed by atoms with van der Waals surface area (Å²) in [4.78, 5) is 25.7. The zero-order valence-electron chi connectivity index (χ0n) is 28.8. The zero-order valence-corrected chi connectivity index (χ0v) is 29.7. The summed E-state index contributed by atoms with van der Waals surface area (Å²) in [7, 11) is -4.20. The van der Waals surface area contributed by atoms with Gasteiger partial charge in [0, 0.05) is 31.1 Å². The highest BCUT2D eigenvalue weighted by molar-refractivity contribution is 7.89. The number of aliphatic hydroxyl groups excluding tert-OH is 1. The molecule has 0 unspecified atom stereocenters. The van der Waals surface area contributed by atoms with Crippen LogP contribution >= 0.6 is 0 Å². The maximum Gasteiger partial charge on any atom is 0.407 e. The maximum absolute atomic E-state index is 14.3. The molecule has 3 heterocycles. The van der Waals surface area contributed by atoms with E-state index in [1.807, 2.05) is 65.0 Å². The monoisotopic (exact) mass is 703 g/mol. The summed E-state index contributed by atoms with van der Waals surface area (Å²) in [6.45, 7) is 10.0. The molecule has 0 radical (unpaired) electrons. The molecular weight excluding hydrogens is 654 g/mol. The molecule has 3 aliphatic rings. The van der Waals surface area contributed by atoms with E-state index in [0.29, 0.717) is 37.5 Å². The molecule has 14 heteroatoms. The quantitative estimate of drug-likeness (QED) is 0.266. The molecule has 13 nitrogen and oxygen atoms in total. The van der Waals surface area contributed by atoms with E-state index < -0.39 is 51.5 Å². The number of carbonyl (C=O) groups is 2. The highest BCUT2D eigenvalue weighted by Gasteiger charge is 2.44. The molecule has 270 valence electrons. The van der Waals surface area contributed by atoms with Crippen LogP contribution in [0.2, 0.25) is 0 Å². The van der Waals surface area contributed by atoms with Gasteiger partial charge in [0.05, 0.1) is 36.2 Å². The fraction of sp³-hybridized carbons (Fsp3) is 0.600. The number of aliphatic hydroxyl groups is 1. The fourth-order valence-corrected chi connectivity index (χ4v) is 7.79. The minimum Gasteiger partial charge on any atom is -0.454 e. The van der Waals surface area contributed by atoms with Crippen LogP contribution < -0.4 is 20.1 Å². The predicted octanol–water partition coefficient (Wildman–Crippen LogP) is 3.44.